The minimum atomic E-state index is -0.368. The summed E-state index contributed by atoms with van der Waals surface area (Å²) in [6.07, 6.45) is 3.27. The van der Waals surface area contributed by atoms with E-state index >= 15 is 0 Å². The number of nitrogens with two attached hydrogens (primary N) is 1. The lowest BCUT2D eigenvalue weighted by atomic mass is 10.0. The van der Waals surface area contributed by atoms with Crippen LogP contribution >= 0.6 is 22.6 Å². The number of hydrogen-bond donors (Lipinski definition) is 1. The molecule has 1 atom stereocenters. The predicted octanol–water partition coefficient (Wildman–Crippen LogP) is 2.48. The number of nitrogens with zero attached hydrogens (tertiary/aromatic N) is 1. The zero-order valence-electron chi connectivity index (χ0n) is 8.73. The van der Waals surface area contributed by atoms with E-state index in [9.17, 15) is 10.1 Å². The van der Waals surface area contributed by atoms with Crippen LogP contribution in [0, 0.1) is 19.6 Å². The van der Waals surface area contributed by atoms with Crippen molar-refractivity contribution < 1.29 is 4.92 Å². The molecule has 0 bridgehead atoms. The number of nitro benzene ring substituents is 1. The van der Waals surface area contributed by atoms with E-state index in [0.29, 0.717) is 5.92 Å². The summed E-state index contributed by atoms with van der Waals surface area (Å²) < 4.78 is 0.933. The molecule has 2 rings (SSSR count). The van der Waals surface area contributed by atoms with Crippen molar-refractivity contribution >= 4 is 28.3 Å². The highest BCUT2D eigenvalue weighted by Crippen LogP contribution is 2.33. The molecule has 1 unspecified atom stereocenters. The zero-order valence-corrected chi connectivity index (χ0v) is 10.9. The van der Waals surface area contributed by atoms with Crippen molar-refractivity contribution in [1.82, 2.24) is 0 Å². The molecule has 86 valence electrons. The minimum Gasteiger partial charge on any atom is -0.327 e. The Morgan fingerprint density at radius 3 is 2.75 bits per heavy atom. The molecule has 0 heterocycles. The van der Waals surface area contributed by atoms with Crippen molar-refractivity contribution in [2.24, 2.45) is 11.7 Å². The Hall–Kier alpha value is -0.690. The summed E-state index contributed by atoms with van der Waals surface area (Å²) in [7, 11) is 0. The first-order chi connectivity index (χ1) is 7.58. The molecule has 0 saturated heterocycles. The van der Waals surface area contributed by atoms with Gasteiger partial charge in [0.15, 0.2) is 0 Å². The standard InChI is InChI=1S/C11H13IN2O2/c12-10-6-9(14(15)16)4-3-8(10)5-11(13)7-1-2-7/h3-4,6-7,11H,1-2,5,13H2. The van der Waals surface area contributed by atoms with Gasteiger partial charge < -0.3 is 5.73 Å². The first kappa shape index (κ1) is 11.8. The molecule has 1 aromatic carbocycles. The van der Waals surface area contributed by atoms with Gasteiger partial charge in [-0.15, -0.1) is 0 Å². The molecule has 4 nitrogen and oxygen atoms in total. The van der Waals surface area contributed by atoms with Gasteiger partial charge in [0, 0.05) is 21.7 Å². The smallest absolute Gasteiger partial charge is 0.270 e. The van der Waals surface area contributed by atoms with Crippen LogP contribution in [-0.2, 0) is 6.42 Å². The summed E-state index contributed by atoms with van der Waals surface area (Å²) >= 11 is 2.14. The third-order valence-electron chi connectivity index (χ3n) is 2.93. The first-order valence-corrected chi connectivity index (χ1v) is 6.34. The van der Waals surface area contributed by atoms with E-state index < -0.39 is 0 Å². The van der Waals surface area contributed by atoms with Crippen LogP contribution in [0.4, 0.5) is 5.69 Å². The van der Waals surface area contributed by atoms with Gasteiger partial charge in [-0.2, -0.15) is 0 Å². The van der Waals surface area contributed by atoms with E-state index in [1.165, 1.54) is 12.8 Å². The average molecular weight is 332 g/mol. The fraction of sp³-hybridized carbons (Fsp3) is 0.455. The van der Waals surface area contributed by atoms with Crippen molar-refractivity contribution in [3.63, 3.8) is 0 Å². The molecule has 0 radical (unpaired) electrons. The number of nitro groups is 1. The highest BCUT2D eigenvalue weighted by atomic mass is 127. The molecule has 1 aliphatic rings. The van der Waals surface area contributed by atoms with E-state index in [0.717, 1.165) is 15.6 Å². The van der Waals surface area contributed by atoms with Crippen molar-refractivity contribution in [1.29, 1.82) is 0 Å². The van der Waals surface area contributed by atoms with Crippen LogP contribution in [0.1, 0.15) is 18.4 Å². The largest absolute Gasteiger partial charge is 0.327 e. The SMILES string of the molecule is NC(Cc1ccc([N+](=O)[O-])cc1I)C1CC1. The third-order valence-corrected chi connectivity index (χ3v) is 3.93. The summed E-state index contributed by atoms with van der Waals surface area (Å²) in [5.74, 6) is 0.658. The van der Waals surface area contributed by atoms with Gasteiger partial charge in [-0.05, 0) is 53.3 Å². The molecule has 0 amide bonds. The number of halogens is 1. The normalized spacial score (nSPS) is 17.1. The summed E-state index contributed by atoms with van der Waals surface area (Å²) in [4.78, 5) is 10.2. The van der Waals surface area contributed by atoms with Gasteiger partial charge in [-0.25, -0.2) is 0 Å². The number of rotatable bonds is 4. The maximum Gasteiger partial charge on any atom is 0.270 e. The Morgan fingerprint density at radius 1 is 1.56 bits per heavy atom. The highest BCUT2D eigenvalue weighted by Gasteiger charge is 2.28. The van der Waals surface area contributed by atoms with E-state index in [1.54, 1.807) is 12.1 Å². The van der Waals surface area contributed by atoms with Crippen LogP contribution in [0.3, 0.4) is 0 Å². The Morgan fingerprint density at radius 2 is 2.25 bits per heavy atom. The van der Waals surface area contributed by atoms with Crippen LogP contribution in [0.25, 0.3) is 0 Å². The molecule has 5 heteroatoms. The monoisotopic (exact) mass is 332 g/mol. The fourth-order valence-corrected chi connectivity index (χ4v) is 2.48. The molecule has 1 fully saturated rings. The van der Waals surface area contributed by atoms with Crippen LogP contribution in [0.5, 0.6) is 0 Å². The minimum absolute atomic E-state index is 0.146. The summed E-state index contributed by atoms with van der Waals surface area (Å²) in [6.45, 7) is 0. The van der Waals surface area contributed by atoms with Crippen LogP contribution in [0.15, 0.2) is 18.2 Å². The van der Waals surface area contributed by atoms with Crippen molar-refractivity contribution in [2.45, 2.75) is 25.3 Å². The number of benzene rings is 1. The Labute approximate surface area is 108 Å². The lowest BCUT2D eigenvalue weighted by molar-refractivity contribution is -0.385. The molecule has 0 aromatic heterocycles. The van der Waals surface area contributed by atoms with E-state index in [4.69, 9.17) is 5.73 Å². The van der Waals surface area contributed by atoms with Gasteiger partial charge >= 0.3 is 0 Å². The summed E-state index contributed by atoms with van der Waals surface area (Å²) in [5.41, 5.74) is 7.30. The van der Waals surface area contributed by atoms with Crippen LogP contribution in [0.2, 0.25) is 0 Å². The van der Waals surface area contributed by atoms with Crippen LogP contribution < -0.4 is 5.73 Å². The molecule has 0 aliphatic heterocycles. The Balaban J connectivity index is 2.12. The molecule has 2 N–H and O–H groups in total. The lowest BCUT2D eigenvalue weighted by Crippen LogP contribution is -2.25. The summed E-state index contributed by atoms with van der Waals surface area (Å²) in [6, 6.07) is 5.18. The topological polar surface area (TPSA) is 69.2 Å². The molecule has 16 heavy (non-hydrogen) atoms. The first-order valence-electron chi connectivity index (χ1n) is 5.26. The molecular formula is C11H13IN2O2. The van der Waals surface area contributed by atoms with Crippen molar-refractivity contribution in [3.8, 4) is 0 Å². The van der Waals surface area contributed by atoms with Crippen molar-refractivity contribution in [3.05, 3.63) is 37.4 Å². The Kier molecular flexibility index (Phi) is 3.44. The zero-order chi connectivity index (χ0) is 11.7. The van der Waals surface area contributed by atoms with Gasteiger partial charge in [0.1, 0.15) is 0 Å². The van der Waals surface area contributed by atoms with Crippen LogP contribution in [-0.4, -0.2) is 11.0 Å². The van der Waals surface area contributed by atoms with E-state index in [2.05, 4.69) is 22.6 Å². The Bertz CT molecular complexity index is 418. The second-order valence-electron chi connectivity index (χ2n) is 4.24. The average Bonchev–Trinajstić information content (AvgIpc) is 3.03. The number of hydrogen-bond acceptors (Lipinski definition) is 3. The maximum atomic E-state index is 10.6. The van der Waals surface area contributed by atoms with E-state index in [-0.39, 0.29) is 16.7 Å². The molecule has 1 saturated carbocycles. The quantitative estimate of drug-likeness (QED) is 0.523. The molecule has 1 aliphatic carbocycles. The predicted molar refractivity (Wildman–Crippen MR) is 70.2 cm³/mol. The highest BCUT2D eigenvalue weighted by molar-refractivity contribution is 14.1. The summed E-state index contributed by atoms with van der Waals surface area (Å²) in [5, 5.41) is 10.6. The van der Waals surface area contributed by atoms with Crippen molar-refractivity contribution in [2.75, 3.05) is 0 Å². The fourth-order valence-electron chi connectivity index (χ4n) is 1.76. The third kappa shape index (κ3) is 2.70. The maximum absolute atomic E-state index is 10.6. The molecule has 0 spiro atoms. The van der Waals surface area contributed by atoms with E-state index in [1.807, 2.05) is 6.07 Å². The van der Waals surface area contributed by atoms with Gasteiger partial charge in [-0.1, -0.05) is 6.07 Å². The second kappa shape index (κ2) is 4.67. The van der Waals surface area contributed by atoms with Gasteiger partial charge in [0.2, 0.25) is 0 Å². The second-order valence-corrected chi connectivity index (χ2v) is 5.40. The van der Waals surface area contributed by atoms with Gasteiger partial charge in [-0.3, -0.25) is 10.1 Å². The number of non-ortho nitro benzene ring substituents is 1. The molecule has 1 aromatic rings. The van der Waals surface area contributed by atoms with Gasteiger partial charge in [0.05, 0.1) is 4.92 Å². The lowest BCUT2D eigenvalue weighted by Gasteiger charge is -2.11. The molecular weight excluding hydrogens is 319 g/mol. The van der Waals surface area contributed by atoms with Gasteiger partial charge in [0.25, 0.3) is 5.69 Å².